The van der Waals surface area contributed by atoms with Crippen LogP contribution in [0.2, 0.25) is 10.0 Å². The first kappa shape index (κ1) is 19.4. The maximum absolute atomic E-state index is 10.2. The number of fused-ring (bicyclic) bond motifs is 1. The highest BCUT2D eigenvalue weighted by Crippen LogP contribution is 2.40. The summed E-state index contributed by atoms with van der Waals surface area (Å²) in [6.45, 7) is 0.284. The Bertz CT molecular complexity index is 962. The Morgan fingerprint density at radius 3 is 2.82 bits per heavy atom. The van der Waals surface area contributed by atoms with Crippen LogP contribution in [-0.4, -0.2) is 53.1 Å². The number of rotatable bonds is 6. The third-order valence-electron chi connectivity index (χ3n) is 5.11. The molecule has 4 rings (SSSR count). The zero-order chi connectivity index (χ0) is 19.7. The molecule has 0 saturated heterocycles. The molecule has 0 aliphatic heterocycles. The Morgan fingerprint density at radius 1 is 1.29 bits per heavy atom. The average Bonchev–Trinajstić information content (AvgIpc) is 3.32. The fourth-order valence-corrected chi connectivity index (χ4v) is 4.00. The molecule has 3 N–H and O–H groups in total. The molecule has 150 valence electrons. The molecule has 2 aromatic heterocycles. The molecule has 9 nitrogen and oxygen atoms in total. The smallest absolute Gasteiger partial charge is 0.194 e. The van der Waals surface area contributed by atoms with Crippen LogP contribution in [0.1, 0.15) is 37.3 Å². The summed E-state index contributed by atoms with van der Waals surface area (Å²) < 4.78 is 7.75. The third kappa shape index (κ3) is 3.67. The van der Waals surface area contributed by atoms with E-state index >= 15 is 0 Å². The van der Waals surface area contributed by atoms with E-state index in [2.05, 4.69) is 25.6 Å². The number of imidazole rings is 1. The minimum Gasteiger partial charge on any atom is -0.489 e. The lowest BCUT2D eigenvalue weighted by molar-refractivity contribution is 0.0425. The van der Waals surface area contributed by atoms with Crippen molar-refractivity contribution in [3.8, 4) is 5.75 Å². The van der Waals surface area contributed by atoms with Gasteiger partial charge in [-0.15, -0.1) is 10.2 Å². The Hall–Kier alpha value is -1.94. The van der Waals surface area contributed by atoms with Crippen molar-refractivity contribution < 1.29 is 14.9 Å². The third-order valence-corrected chi connectivity index (χ3v) is 5.88. The highest BCUT2D eigenvalue weighted by Gasteiger charge is 2.26. The van der Waals surface area contributed by atoms with E-state index in [0.717, 1.165) is 25.7 Å². The first-order valence-corrected chi connectivity index (χ1v) is 9.85. The lowest BCUT2D eigenvalue weighted by atomic mass is 9.87. The van der Waals surface area contributed by atoms with Crippen LogP contribution in [0.3, 0.4) is 0 Å². The van der Waals surface area contributed by atoms with Gasteiger partial charge in [0.25, 0.3) is 0 Å². The van der Waals surface area contributed by atoms with Gasteiger partial charge in [-0.05, 0) is 18.9 Å². The molecule has 3 aromatic rings. The van der Waals surface area contributed by atoms with E-state index < -0.39 is 0 Å². The number of aromatic amines is 1. The summed E-state index contributed by atoms with van der Waals surface area (Å²) in [5, 5.41) is 34.4. The van der Waals surface area contributed by atoms with E-state index in [1.807, 2.05) is 0 Å². The summed E-state index contributed by atoms with van der Waals surface area (Å²) in [6, 6.07) is 1.67. The number of nitrogens with one attached hydrogen (secondary N) is 1. The van der Waals surface area contributed by atoms with Gasteiger partial charge in [0.1, 0.15) is 23.0 Å². The lowest BCUT2D eigenvalue weighted by Gasteiger charge is -2.27. The molecule has 1 aromatic carbocycles. The molecular weight excluding hydrogens is 407 g/mol. The molecule has 0 unspecified atom stereocenters. The maximum atomic E-state index is 10.2. The molecule has 0 spiro atoms. The number of tetrazole rings is 1. The van der Waals surface area contributed by atoms with E-state index in [-0.39, 0.29) is 30.2 Å². The predicted molar refractivity (Wildman–Crippen MR) is 102 cm³/mol. The number of aliphatic hydroxyl groups excluding tert-OH is 2. The van der Waals surface area contributed by atoms with Crippen molar-refractivity contribution in [1.29, 1.82) is 0 Å². The number of aliphatic hydroxyl groups is 2. The average molecular weight is 427 g/mol. The minimum atomic E-state index is -0.383. The predicted octanol–water partition coefficient (Wildman–Crippen LogP) is 2.33. The second-order valence-corrected chi connectivity index (χ2v) is 7.68. The topological polar surface area (TPSA) is 122 Å². The highest BCUT2D eigenvalue weighted by atomic mass is 35.5. The van der Waals surface area contributed by atoms with Gasteiger partial charge in [-0.3, -0.25) is 0 Å². The number of H-pyrrole nitrogens is 1. The van der Waals surface area contributed by atoms with Crippen LogP contribution in [0.25, 0.3) is 11.0 Å². The first-order chi connectivity index (χ1) is 13.6. The largest absolute Gasteiger partial charge is 0.489 e. The molecule has 2 atom stereocenters. The number of nitrogens with zero attached hydrogens (tertiary/aromatic N) is 5. The van der Waals surface area contributed by atoms with Crippen LogP contribution >= 0.6 is 23.2 Å². The quantitative estimate of drug-likeness (QED) is 0.552. The number of ether oxygens (including phenoxy) is 1. The summed E-state index contributed by atoms with van der Waals surface area (Å²) >= 11 is 12.7. The van der Waals surface area contributed by atoms with Crippen LogP contribution in [0.4, 0.5) is 0 Å². The van der Waals surface area contributed by atoms with Gasteiger partial charge >= 0.3 is 0 Å². The molecule has 2 heterocycles. The van der Waals surface area contributed by atoms with Crippen LogP contribution in [0, 0.1) is 5.92 Å². The summed E-state index contributed by atoms with van der Waals surface area (Å²) in [5.41, 5.74) is 1.13. The van der Waals surface area contributed by atoms with Gasteiger partial charge in [0.05, 0.1) is 29.8 Å². The minimum absolute atomic E-state index is 0.0394. The molecule has 1 aliphatic rings. The molecule has 1 saturated carbocycles. The number of benzene rings is 1. The molecule has 1 fully saturated rings. The van der Waals surface area contributed by atoms with Crippen LogP contribution in [-0.2, 0) is 13.2 Å². The fraction of sp³-hybridized carbons (Fsp3) is 0.529. The molecule has 0 bridgehead atoms. The van der Waals surface area contributed by atoms with Crippen molar-refractivity contribution in [2.45, 2.75) is 44.9 Å². The second-order valence-electron chi connectivity index (χ2n) is 6.89. The van der Waals surface area contributed by atoms with Gasteiger partial charge in [0.15, 0.2) is 11.6 Å². The normalized spacial score (nSPS) is 20.0. The summed E-state index contributed by atoms with van der Waals surface area (Å²) in [4.78, 5) is 4.49. The number of hydrogen-bond acceptors (Lipinski definition) is 7. The van der Waals surface area contributed by atoms with Gasteiger partial charge in [0, 0.05) is 5.92 Å². The standard InChI is InChI=1S/C17H20Cl2N6O3/c18-10-5-11-16(20-14(7-26)25(11)6-13-21-23-24-22-13)17(15(10)19)28-8-9-3-1-2-4-12(9)27/h5,9,12,26-27H,1-4,6-8H2,(H,21,22,23,24)/t9-,12+/m1/s1. The number of hydrogen-bond donors (Lipinski definition) is 3. The zero-order valence-corrected chi connectivity index (χ0v) is 16.5. The van der Waals surface area contributed by atoms with E-state index in [1.165, 1.54) is 0 Å². The van der Waals surface area contributed by atoms with Crippen LogP contribution in [0.5, 0.6) is 5.75 Å². The van der Waals surface area contributed by atoms with Gasteiger partial charge in [-0.2, -0.15) is 5.21 Å². The second kappa shape index (κ2) is 8.20. The fourth-order valence-electron chi connectivity index (χ4n) is 3.62. The van der Waals surface area contributed by atoms with Crippen LogP contribution < -0.4 is 4.74 Å². The molecular formula is C17H20Cl2N6O3. The maximum Gasteiger partial charge on any atom is 0.194 e. The van der Waals surface area contributed by atoms with Crippen molar-refractivity contribution in [3.05, 3.63) is 27.8 Å². The van der Waals surface area contributed by atoms with Gasteiger partial charge < -0.3 is 19.5 Å². The summed E-state index contributed by atoms with van der Waals surface area (Å²) in [6.07, 6.45) is 3.39. The van der Waals surface area contributed by atoms with Gasteiger partial charge in [0.2, 0.25) is 0 Å². The molecule has 1 aliphatic carbocycles. The lowest BCUT2D eigenvalue weighted by Crippen LogP contribution is -2.29. The van der Waals surface area contributed by atoms with Crippen molar-refractivity contribution >= 4 is 34.2 Å². The Balaban J connectivity index is 1.71. The Kier molecular flexibility index (Phi) is 5.68. The van der Waals surface area contributed by atoms with E-state index in [0.29, 0.717) is 40.1 Å². The monoisotopic (exact) mass is 426 g/mol. The van der Waals surface area contributed by atoms with E-state index in [1.54, 1.807) is 10.6 Å². The molecule has 0 radical (unpaired) electrons. The Morgan fingerprint density at radius 2 is 2.11 bits per heavy atom. The van der Waals surface area contributed by atoms with Crippen molar-refractivity contribution in [2.75, 3.05) is 6.61 Å². The summed E-state index contributed by atoms with van der Waals surface area (Å²) in [7, 11) is 0. The molecule has 28 heavy (non-hydrogen) atoms. The van der Waals surface area contributed by atoms with Gasteiger partial charge in [-0.1, -0.05) is 41.3 Å². The van der Waals surface area contributed by atoms with E-state index in [4.69, 9.17) is 27.9 Å². The highest BCUT2D eigenvalue weighted by molar-refractivity contribution is 6.44. The van der Waals surface area contributed by atoms with Crippen LogP contribution in [0.15, 0.2) is 6.07 Å². The van der Waals surface area contributed by atoms with Crippen molar-refractivity contribution in [1.82, 2.24) is 30.2 Å². The molecule has 0 amide bonds. The SMILES string of the molecule is OCc1nc2c(OC[C@H]3CCCC[C@@H]3O)c(Cl)c(Cl)cc2n1Cc1nn[nH]n1. The first-order valence-electron chi connectivity index (χ1n) is 9.09. The van der Waals surface area contributed by atoms with Crippen molar-refractivity contribution in [3.63, 3.8) is 0 Å². The zero-order valence-electron chi connectivity index (χ0n) is 15.0. The van der Waals surface area contributed by atoms with Crippen molar-refractivity contribution in [2.24, 2.45) is 5.92 Å². The molecule has 11 heteroatoms. The Labute approximate surface area is 170 Å². The van der Waals surface area contributed by atoms with Gasteiger partial charge in [-0.25, -0.2) is 4.98 Å². The number of halogens is 2. The number of aromatic nitrogens is 6. The van der Waals surface area contributed by atoms with E-state index in [9.17, 15) is 10.2 Å². The summed E-state index contributed by atoms with van der Waals surface area (Å²) in [5.74, 6) is 1.23.